The molecule has 2 heterocycles. The second-order valence-corrected chi connectivity index (χ2v) is 6.95. The Morgan fingerprint density at radius 3 is 2.55 bits per heavy atom. The third kappa shape index (κ3) is 3.41. The number of halogens is 1. The lowest BCUT2D eigenvalue weighted by molar-refractivity contribution is 0.100. The molecule has 3 nitrogen and oxygen atoms in total. The molecule has 110 valence electrons. The van der Waals surface area contributed by atoms with Crippen LogP contribution in [0.15, 0.2) is 22.8 Å². The molecule has 1 aliphatic carbocycles. The highest BCUT2D eigenvalue weighted by atomic mass is 79.9. The van der Waals surface area contributed by atoms with Crippen molar-refractivity contribution < 1.29 is 0 Å². The Morgan fingerprint density at radius 2 is 1.90 bits per heavy atom. The molecule has 20 heavy (non-hydrogen) atoms. The molecule has 0 unspecified atom stereocenters. The van der Waals surface area contributed by atoms with Crippen molar-refractivity contribution >= 4 is 15.9 Å². The molecule has 0 amide bonds. The number of hydrogen-bond donors (Lipinski definition) is 1. The first-order valence-corrected chi connectivity index (χ1v) is 8.70. The summed E-state index contributed by atoms with van der Waals surface area (Å²) in [6.07, 6.45) is 8.89. The summed E-state index contributed by atoms with van der Waals surface area (Å²) >= 11 is 3.50. The largest absolute Gasteiger partial charge is 0.314 e. The summed E-state index contributed by atoms with van der Waals surface area (Å²) in [7, 11) is 0. The fourth-order valence-corrected chi connectivity index (χ4v) is 3.93. The normalized spacial score (nSPS) is 23.6. The molecule has 4 heteroatoms. The van der Waals surface area contributed by atoms with Crippen LogP contribution in [0.5, 0.6) is 0 Å². The first-order valence-electron chi connectivity index (χ1n) is 7.91. The highest BCUT2D eigenvalue weighted by Crippen LogP contribution is 2.37. The van der Waals surface area contributed by atoms with Crippen molar-refractivity contribution in [2.24, 2.45) is 5.92 Å². The molecule has 1 aromatic rings. The predicted octanol–water partition coefficient (Wildman–Crippen LogP) is 3.37. The number of aromatic nitrogens is 1. The number of nitrogens with one attached hydrogen (secondary N) is 1. The van der Waals surface area contributed by atoms with Gasteiger partial charge in [-0.15, -0.1) is 0 Å². The van der Waals surface area contributed by atoms with E-state index in [4.69, 9.17) is 4.98 Å². The maximum atomic E-state index is 4.72. The molecule has 1 N–H and O–H groups in total. The molecule has 1 aromatic heterocycles. The minimum Gasteiger partial charge on any atom is -0.314 e. The van der Waals surface area contributed by atoms with Crippen molar-refractivity contribution in [3.8, 4) is 0 Å². The Balaban J connectivity index is 1.83. The summed E-state index contributed by atoms with van der Waals surface area (Å²) in [4.78, 5) is 7.38. The van der Waals surface area contributed by atoms with Crippen LogP contribution in [-0.4, -0.2) is 36.1 Å². The summed E-state index contributed by atoms with van der Waals surface area (Å²) < 4.78 is 1.07. The monoisotopic (exact) mass is 337 g/mol. The van der Waals surface area contributed by atoms with E-state index in [-0.39, 0.29) is 0 Å². The number of hydrogen-bond acceptors (Lipinski definition) is 3. The van der Waals surface area contributed by atoms with Crippen molar-refractivity contribution in [3.05, 3.63) is 28.5 Å². The van der Waals surface area contributed by atoms with E-state index in [2.05, 4.69) is 38.3 Å². The molecule has 0 spiro atoms. The molecule has 0 radical (unpaired) electrons. The van der Waals surface area contributed by atoms with Gasteiger partial charge in [0, 0.05) is 36.8 Å². The summed E-state index contributed by atoms with van der Waals surface area (Å²) in [6.45, 7) is 4.53. The van der Waals surface area contributed by atoms with Gasteiger partial charge in [0.25, 0.3) is 0 Å². The second-order valence-electron chi connectivity index (χ2n) is 6.03. The van der Waals surface area contributed by atoms with Gasteiger partial charge >= 0.3 is 0 Å². The minimum absolute atomic E-state index is 0.519. The fraction of sp³-hybridized carbons (Fsp3) is 0.688. The van der Waals surface area contributed by atoms with E-state index in [1.807, 2.05) is 6.20 Å². The maximum Gasteiger partial charge on any atom is 0.0579 e. The third-order valence-electron chi connectivity index (χ3n) is 4.69. The topological polar surface area (TPSA) is 28.2 Å². The van der Waals surface area contributed by atoms with Crippen molar-refractivity contribution in [3.63, 3.8) is 0 Å². The average molecular weight is 338 g/mol. The van der Waals surface area contributed by atoms with Crippen LogP contribution in [0, 0.1) is 5.92 Å². The van der Waals surface area contributed by atoms with Crippen molar-refractivity contribution in [2.75, 3.05) is 26.2 Å². The molecule has 1 saturated heterocycles. The molecule has 0 bridgehead atoms. The van der Waals surface area contributed by atoms with Gasteiger partial charge in [-0.25, -0.2) is 0 Å². The molecule has 0 aromatic carbocycles. The minimum atomic E-state index is 0.519. The lowest BCUT2D eigenvalue weighted by Gasteiger charge is -2.40. The van der Waals surface area contributed by atoms with Crippen LogP contribution in [0.3, 0.4) is 0 Å². The van der Waals surface area contributed by atoms with Crippen LogP contribution >= 0.6 is 15.9 Å². The highest BCUT2D eigenvalue weighted by molar-refractivity contribution is 9.10. The van der Waals surface area contributed by atoms with E-state index >= 15 is 0 Å². The smallest absolute Gasteiger partial charge is 0.0579 e. The lowest BCUT2D eigenvalue weighted by Crippen LogP contribution is -2.47. The first-order chi connectivity index (χ1) is 9.84. The van der Waals surface area contributed by atoms with E-state index < -0.39 is 0 Å². The Morgan fingerprint density at radius 1 is 1.15 bits per heavy atom. The Labute approximate surface area is 130 Å². The van der Waals surface area contributed by atoms with E-state index in [9.17, 15) is 0 Å². The van der Waals surface area contributed by atoms with Crippen LogP contribution in [-0.2, 0) is 0 Å². The van der Waals surface area contributed by atoms with Gasteiger partial charge in [-0.1, -0.05) is 19.3 Å². The van der Waals surface area contributed by atoms with Crippen LogP contribution in [0.1, 0.15) is 43.8 Å². The standard InChI is InChI=1S/C16H24BrN3/c17-14-6-7-15(19-12-14)16(13-4-2-1-3-5-13)20-10-8-18-9-11-20/h6-7,12-13,16,18H,1-5,8-11H2/t16-/m0/s1. The Kier molecular flexibility index (Phi) is 5.08. The van der Waals surface area contributed by atoms with Gasteiger partial charge in [0.05, 0.1) is 11.7 Å². The zero-order valence-corrected chi connectivity index (χ0v) is 13.6. The molecule has 2 aliphatic rings. The van der Waals surface area contributed by atoms with Crippen LogP contribution in [0.25, 0.3) is 0 Å². The zero-order chi connectivity index (χ0) is 13.8. The van der Waals surface area contributed by atoms with E-state index in [0.717, 1.165) is 36.6 Å². The quantitative estimate of drug-likeness (QED) is 0.916. The molecule has 1 atom stereocenters. The van der Waals surface area contributed by atoms with E-state index in [1.165, 1.54) is 37.8 Å². The zero-order valence-electron chi connectivity index (χ0n) is 12.0. The molecule has 2 fully saturated rings. The van der Waals surface area contributed by atoms with Crippen LogP contribution in [0.4, 0.5) is 0 Å². The van der Waals surface area contributed by atoms with Crippen LogP contribution in [0.2, 0.25) is 0 Å². The third-order valence-corrected chi connectivity index (χ3v) is 5.16. The summed E-state index contributed by atoms with van der Waals surface area (Å²) in [5.41, 5.74) is 1.27. The summed E-state index contributed by atoms with van der Waals surface area (Å²) in [6, 6.07) is 4.87. The SMILES string of the molecule is Brc1ccc([C@H](C2CCCCC2)N2CCNCC2)nc1. The van der Waals surface area contributed by atoms with Crippen molar-refractivity contribution in [2.45, 2.75) is 38.1 Å². The number of nitrogens with zero attached hydrogens (tertiary/aromatic N) is 2. The average Bonchev–Trinajstić information content (AvgIpc) is 2.52. The van der Waals surface area contributed by atoms with E-state index in [1.54, 1.807) is 0 Å². The lowest BCUT2D eigenvalue weighted by atomic mass is 9.81. The van der Waals surface area contributed by atoms with Crippen molar-refractivity contribution in [1.29, 1.82) is 0 Å². The maximum absolute atomic E-state index is 4.72. The molecule has 1 aliphatic heterocycles. The Hall–Kier alpha value is -0.450. The van der Waals surface area contributed by atoms with Crippen LogP contribution < -0.4 is 5.32 Å². The van der Waals surface area contributed by atoms with E-state index in [0.29, 0.717) is 6.04 Å². The summed E-state index contributed by atoms with van der Waals surface area (Å²) in [5, 5.41) is 3.46. The van der Waals surface area contributed by atoms with Gasteiger partial charge in [-0.2, -0.15) is 0 Å². The number of rotatable bonds is 3. The van der Waals surface area contributed by atoms with Crippen molar-refractivity contribution in [1.82, 2.24) is 15.2 Å². The van der Waals surface area contributed by atoms with Gasteiger partial charge in [0.1, 0.15) is 0 Å². The van der Waals surface area contributed by atoms with Gasteiger partial charge in [0.2, 0.25) is 0 Å². The second kappa shape index (κ2) is 7.01. The Bertz CT molecular complexity index is 390. The molecule has 3 rings (SSSR count). The highest BCUT2D eigenvalue weighted by Gasteiger charge is 2.31. The summed E-state index contributed by atoms with van der Waals surface area (Å²) in [5.74, 6) is 0.788. The molecule has 1 saturated carbocycles. The van der Waals surface area contributed by atoms with Gasteiger partial charge in [-0.3, -0.25) is 9.88 Å². The first kappa shape index (κ1) is 14.5. The fourth-order valence-electron chi connectivity index (χ4n) is 3.70. The molecular formula is C16H24BrN3. The van der Waals surface area contributed by atoms with Gasteiger partial charge < -0.3 is 5.32 Å². The predicted molar refractivity (Wildman–Crippen MR) is 85.7 cm³/mol. The number of piperazine rings is 1. The molecular weight excluding hydrogens is 314 g/mol. The van der Waals surface area contributed by atoms with Gasteiger partial charge in [0.15, 0.2) is 0 Å². The number of pyridine rings is 1. The van der Waals surface area contributed by atoms with Gasteiger partial charge in [-0.05, 0) is 46.8 Å².